The van der Waals surface area contributed by atoms with Crippen molar-refractivity contribution in [2.45, 2.75) is 19.5 Å². The lowest BCUT2D eigenvalue weighted by Crippen LogP contribution is -2.07. The van der Waals surface area contributed by atoms with Crippen LogP contribution in [0.25, 0.3) is 17.0 Å². The third kappa shape index (κ3) is 3.30. The Morgan fingerprint density at radius 1 is 1.37 bits per heavy atom. The highest BCUT2D eigenvalue weighted by molar-refractivity contribution is 6.04. The lowest BCUT2D eigenvalue weighted by molar-refractivity contribution is -0.141. The summed E-state index contributed by atoms with van der Waals surface area (Å²) in [6, 6.07) is 4.04. The lowest BCUT2D eigenvalue weighted by atomic mass is 9.96. The van der Waals surface area contributed by atoms with Crippen molar-refractivity contribution >= 4 is 22.9 Å². The van der Waals surface area contributed by atoms with Gasteiger partial charge < -0.3 is 10.1 Å². The van der Waals surface area contributed by atoms with Gasteiger partial charge in [-0.3, -0.25) is 4.98 Å². The van der Waals surface area contributed by atoms with Crippen LogP contribution in [0.2, 0.25) is 0 Å². The molecule has 1 aromatic carbocycles. The van der Waals surface area contributed by atoms with Crippen LogP contribution < -0.4 is 0 Å². The van der Waals surface area contributed by atoms with Gasteiger partial charge in [-0.25, -0.2) is 9.18 Å². The molecule has 3 aromatic rings. The molecule has 2 heterocycles. The molecule has 2 aromatic heterocycles. The van der Waals surface area contributed by atoms with Crippen LogP contribution in [0.3, 0.4) is 0 Å². The van der Waals surface area contributed by atoms with Crippen LogP contribution in [0.4, 0.5) is 17.6 Å². The summed E-state index contributed by atoms with van der Waals surface area (Å²) in [7, 11) is 0. The van der Waals surface area contributed by atoms with Gasteiger partial charge in [-0.2, -0.15) is 13.2 Å². The van der Waals surface area contributed by atoms with Crippen LogP contribution in [0, 0.1) is 12.7 Å². The van der Waals surface area contributed by atoms with Crippen LogP contribution in [-0.2, 0) is 12.6 Å². The van der Waals surface area contributed by atoms with Crippen LogP contribution in [-0.4, -0.2) is 21.0 Å². The summed E-state index contributed by atoms with van der Waals surface area (Å²) in [5.41, 5.74) is -0.991. The Morgan fingerprint density at radius 3 is 2.59 bits per heavy atom. The highest BCUT2D eigenvalue weighted by Crippen LogP contribution is 2.38. The number of pyridine rings is 1. The molecule has 0 fully saturated rings. The molecular formula is C19H14F4N2O2. The zero-order valence-electron chi connectivity index (χ0n) is 14.1. The number of nitrogens with zero attached hydrogens (tertiary/aromatic N) is 1. The number of alkyl halides is 3. The van der Waals surface area contributed by atoms with Gasteiger partial charge in [0.05, 0.1) is 16.8 Å². The fourth-order valence-electron chi connectivity index (χ4n) is 3.07. The monoisotopic (exact) mass is 378 g/mol. The van der Waals surface area contributed by atoms with Crippen molar-refractivity contribution in [3.05, 3.63) is 70.4 Å². The Balaban J connectivity index is 2.26. The van der Waals surface area contributed by atoms with Crippen molar-refractivity contribution in [3.63, 3.8) is 0 Å². The molecule has 0 aliphatic heterocycles. The second-order valence-corrected chi connectivity index (χ2v) is 6.03. The molecule has 0 saturated heterocycles. The standard InChI is InChI=1S/C19H14F4N2O2/c1-3-11-5-4-10(8-24-11)6-12-14(20)7-13(18(26)27)16-15(12)9(2)17(25-16)19(21,22)23/h3-5,7-8,25H,1,6H2,2H3,(H,26,27). The van der Waals surface area contributed by atoms with Gasteiger partial charge in [0, 0.05) is 23.6 Å². The highest BCUT2D eigenvalue weighted by Gasteiger charge is 2.36. The number of carbonyl (C=O) groups is 1. The third-order valence-corrected chi connectivity index (χ3v) is 4.33. The van der Waals surface area contributed by atoms with Gasteiger partial charge in [-0.05, 0) is 36.3 Å². The summed E-state index contributed by atoms with van der Waals surface area (Å²) in [6.45, 7) is 4.76. The molecule has 0 atom stereocenters. The summed E-state index contributed by atoms with van der Waals surface area (Å²) >= 11 is 0. The van der Waals surface area contributed by atoms with E-state index in [1.165, 1.54) is 19.2 Å². The fraction of sp³-hybridized carbons (Fsp3) is 0.158. The number of hydrogen-bond donors (Lipinski definition) is 2. The van der Waals surface area contributed by atoms with Crippen molar-refractivity contribution < 1.29 is 27.5 Å². The number of carboxylic acids is 1. The van der Waals surface area contributed by atoms with Gasteiger partial charge >= 0.3 is 12.1 Å². The van der Waals surface area contributed by atoms with E-state index in [1.807, 2.05) is 0 Å². The Labute approximate surface area is 151 Å². The predicted molar refractivity (Wildman–Crippen MR) is 92.1 cm³/mol. The highest BCUT2D eigenvalue weighted by atomic mass is 19.4. The van der Waals surface area contributed by atoms with Crippen LogP contribution in [0.1, 0.15) is 38.4 Å². The number of halogens is 4. The minimum atomic E-state index is -4.72. The van der Waals surface area contributed by atoms with E-state index in [-0.39, 0.29) is 28.5 Å². The Hall–Kier alpha value is -3.16. The van der Waals surface area contributed by atoms with E-state index in [9.17, 15) is 27.5 Å². The zero-order valence-corrected chi connectivity index (χ0v) is 14.1. The van der Waals surface area contributed by atoms with E-state index in [1.54, 1.807) is 12.1 Å². The SMILES string of the molecule is C=Cc1ccc(Cc2c(F)cc(C(=O)O)c3[nH]c(C(F)(F)F)c(C)c23)cn1. The van der Waals surface area contributed by atoms with Gasteiger partial charge in [0.1, 0.15) is 11.5 Å². The van der Waals surface area contributed by atoms with E-state index >= 15 is 0 Å². The predicted octanol–water partition coefficient (Wildman–Crippen LogP) is 4.96. The third-order valence-electron chi connectivity index (χ3n) is 4.33. The Kier molecular flexibility index (Phi) is 4.51. The van der Waals surface area contributed by atoms with E-state index in [2.05, 4.69) is 16.5 Å². The van der Waals surface area contributed by atoms with Gasteiger partial charge in [0.2, 0.25) is 0 Å². The smallest absolute Gasteiger partial charge is 0.431 e. The number of fused-ring (bicyclic) bond motifs is 1. The van der Waals surface area contributed by atoms with E-state index < -0.39 is 29.2 Å². The first-order chi connectivity index (χ1) is 12.6. The molecule has 2 N–H and O–H groups in total. The average Bonchev–Trinajstić information content (AvgIpc) is 2.95. The van der Waals surface area contributed by atoms with Crippen molar-refractivity contribution in [1.82, 2.24) is 9.97 Å². The number of nitrogens with one attached hydrogen (secondary N) is 1. The van der Waals surface area contributed by atoms with Crippen molar-refractivity contribution in [2.24, 2.45) is 0 Å². The number of hydrogen-bond acceptors (Lipinski definition) is 2. The molecule has 3 rings (SSSR count). The normalized spacial score (nSPS) is 11.7. The first-order valence-corrected chi connectivity index (χ1v) is 7.85. The molecular weight excluding hydrogens is 364 g/mol. The molecule has 27 heavy (non-hydrogen) atoms. The maximum absolute atomic E-state index is 14.7. The maximum atomic E-state index is 14.7. The molecule has 0 unspecified atom stereocenters. The largest absolute Gasteiger partial charge is 0.478 e. The molecule has 4 nitrogen and oxygen atoms in total. The van der Waals surface area contributed by atoms with E-state index in [0.29, 0.717) is 11.3 Å². The second kappa shape index (κ2) is 6.53. The molecule has 8 heteroatoms. The number of benzene rings is 1. The first-order valence-electron chi connectivity index (χ1n) is 7.85. The summed E-state index contributed by atoms with van der Waals surface area (Å²) in [5, 5.41) is 9.18. The first kappa shape index (κ1) is 18.6. The number of aryl methyl sites for hydroxylation is 1. The minimum absolute atomic E-state index is 0.0209. The summed E-state index contributed by atoms with van der Waals surface area (Å²) in [6.07, 6.45) is -1.77. The number of H-pyrrole nitrogens is 1. The number of aromatic nitrogens is 2. The molecule has 140 valence electrons. The molecule has 0 aliphatic carbocycles. The topological polar surface area (TPSA) is 66.0 Å². The lowest BCUT2D eigenvalue weighted by Gasteiger charge is -2.09. The average molecular weight is 378 g/mol. The number of rotatable bonds is 4. The van der Waals surface area contributed by atoms with Crippen LogP contribution in [0.15, 0.2) is 31.0 Å². The number of aromatic amines is 1. The fourth-order valence-corrected chi connectivity index (χ4v) is 3.07. The van der Waals surface area contributed by atoms with Gasteiger partial charge in [0.25, 0.3) is 0 Å². The molecule has 0 aliphatic rings. The number of aromatic carboxylic acids is 1. The number of carboxylic acid groups (broad SMARTS) is 1. The van der Waals surface area contributed by atoms with Crippen molar-refractivity contribution in [1.29, 1.82) is 0 Å². The molecule has 0 spiro atoms. The maximum Gasteiger partial charge on any atom is 0.431 e. The van der Waals surface area contributed by atoms with Gasteiger partial charge in [0.15, 0.2) is 0 Å². The quantitative estimate of drug-likeness (QED) is 0.631. The Bertz CT molecular complexity index is 1050. The molecule has 0 bridgehead atoms. The molecule has 0 saturated carbocycles. The van der Waals surface area contributed by atoms with E-state index in [4.69, 9.17) is 0 Å². The van der Waals surface area contributed by atoms with Crippen LogP contribution in [0.5, 0.6) is 0 Å². The summed E-state index contributed by atoms with van der Waals surface area (Å²) in [5.74, 6) is -2.40. The van der Waals surface area contributed by atoms with Crippen molar-refractivity contribution in [3.8, 4) is 0 Å². The van der Waals surface area contributed by atoms with Crippen molar-refractivity contribution in [2.75, 3.05) is 0 Å². The molecule has 0 radical (unpaired) electrons. The van der Waals surface area contributed by atoms with E-state index in [0.717, 1.165) is 6.07 Å². The summed E-state index contributed by atoms with van der Waals surface area (Å²) < 4.78 is 54.5. The Morgan fingerprint density at radius 2 is 2.07 bits per heavy atom. The summed E-state index contributed by atoms with van der Waals surface area (Å²) in [4.78, 5) is 17.6. The molecule has 0 amide bonds. The van der Waals surface area contributed by atoms with Gasteiger partial charge in [-0.1, -0.05) is 12.6 Å². The minimum Gasteiger partial charge on any atom is -0.478 e. The van der Waals surface area contributed by atoms with Gasteiger partial charge in [-0.15, -0.1) is 0 Å². The second-order valence-electron chi connectivity index (χ2n) is 6.03. The zero-order chi connectivity index (χ0) is 19.9. The van der Waals surface area contributed by atoms with Crippen LogP contribution >= 0.6 is 0 Å².